The van der Waals surface area contributed by atoms with Gasteiger partial charge in [0.05, 0.1) is 29.9 Å². The van der Waals surface area contributed by atoms with E-state index >= 15 is 0 Å². The summed E-state index contributed by atoms with van der Waals surface area (Å²) in [6.07, 6.45) is 0. The number of imide groups is 1. The van der Waals surface area contributed by atoms with Gasteiger partial charge in [-0.15, -0.1) is 11.3 Å². The summed E-state index contributed by atoms with van der Waals surface area (Å²) < 4.78 is 15.1. The topological polar surface area (TPSA) is 128 Å². The van der Waals surface area contributed by atoms with Crippen molar-refractivity contribution in [2.45, 2.75) is 26.8 Å². The van der Waals surface area contributed by atoms with E-state index in [0.717, 1.165) is 16.2 Å². The number of fused-ring (bicyclic) bond motifs is 1. The number of benzene rings is 1. The monoisotopic (exact) mass is 488 g/mol. The second-order valence-electron chi connectivity index (χ2n) is 7.30. The molecule has 0 radical (unpaired) electrons. The maximum absolute atomic E-state index is 13.0. The van der Waals surface area contributed by atoms with Crippen LogP contribution in [0.15, 0.2) is 24.3 Å². The highest BCUT2D eigenvalue weighted by Gasteiger charge is 2.41. The number of hydrogen-bond acceptors (Lipinski definition) is 9. The molecular formula is C23H24N2O8S. The van der Waals surface area contributed by atoms with Crippen molar-refractivity contribution < 1.29 is 38.2 Å². The van der Waals surface area contributed by atoms with E-state index in [-0.39, 0.29) is 52.0 Å². The van der Waals surface area contributed by atoms with E-state index in [1.165, 1.54) is 26.2 Å². The number of hydrogen-bond donors (Lipinski definition) is 1. The van der Waals surface area contributed by atoms with Crippen molar-refractivity contribution in [1.82, 2.24) is 4.90 Å². The molecule has 1 unspecified atom stereocenters. The zero-order chi connectivity index (χ0) is 25.0. The number of carbonyl (C=O) groups excluding carboxylic acids is 5. The molecule has 0 fully saturated rings. The molecule has 3 rings (SSSR count). The highest BCUT2D eigenvalue weighted by atomic mass is 32.1. The molecule has 0 bridgehead atoms. The number of ether oxygens (including phenoxy) is 3. The fraction of sp³-hybridized carbons (Fsp3) is 0.348. The number of esters is 2. The van der Waals surface area contributed by atoms with E-state index in [0.29, 0.717) is 0 Å². The van der Waals surface area contributed by atoms with E-state index in [1.807, 2.05) is 0 Å². The first kappa shape index (κ1) is 25.1. The van der Waals surface area contributed by atoms with Crippen LogP contribution in [-0.2, 0) is 19.0 Å². The third-order valence-corrected chi connectivity index (χ3v) is 6.35. The molecular weight excluding hydrogens is 464 g/mol. The van der Waals surface area contributed by atoms with Gasteiger partial charge in [0, 0.05) is 7.11 Å². The summed E-state index contributed by atoms with van der Waals surface area (Å²) >= 11 is 0.847. The molecule has 0 saturated heterocycles. The summed E-state index contributed by atoms with van der Waals surface area (Å²) in [7, 11) is 1.46. The molecule has 0 saturated carbocycles. The molecule has 0 spiro atoms. The highest BCUT2D eigenvalue weighted by molar-refractivity contribution is 7.18. The Labute approximate surface area is 199 Å². The lowest BCUT2D eigenvalue weighted by Gasteiger charge is -2.21. The second-order valence-corrected chi connectivity index (χ2v) is 8.32. The Bertz CT molecular complexity index is 1120. The number of nitrogens with one attached hydrogen (secondary N) is 1. The number of amides is 3. The number of carbonyl (C=O) groups is 5. The predicted molar refractivity (Wildman–Crippen MR) is 122 cm³/mol. The summed E-state index contributed by atoms with van der Waals surface area (Å²) in [4.78, 5) is 64.5. The third kappa shape index (κ3) is 4.70. The second kappa shape index (κ2) is 10.6. The lowest BCUT2D eigenvalue weighted by Crippen LogP contribution is -2.45. The van der Waals surface area contributed by atoms with Gasteiger partial charge in [0.25, 0.3) is 11.8 Å². The van der Waals surface area contributed by atoms with Crippen LogP contribution in [0, 0.1) is 6.92 Å². The smallest absolute Gasteiger partial charge is 0.348 e. The fourth-order valence-electron chi connectivity index (χ4n) is 3.42. The first-order valence-corrected chi connectivity index (χ1v) is 11.3. The molecule has 180 valence electrons. The molecule has 1 aliphatic heterocycles. The van der Waals surface area contributed by atoms with Crippen molar-refractivity contribution in [1.29, 1.82) is 0 Å². The summed E-state index contributed by atoms with van der Waals surface area (Å²) in [5.74, 6) is -3.28. The van der Waals surface area contributed by atoms with Gasteiger partial charge >= 0.3 is 11.9 Å². The number of anilines is 1. The van der Waals surface area contributed by atoms with Crippen molar-refractivity contribution >= 4 is 46.0 Å². The van der Waals surface area contributed by atoms with Gasteiger partial charge in [-0.2, -0.15) is 0 Å². The van der Waals surface area contributed by atoms with Crippen molar-refractivity contribution in [3.05, 3.63) is 51.4 Å². The highest BCUT2D eigenvalue weighted by Crippen LogP contribution is 2.35. The Kier molecular flexibility index (Phi) is 7.79. The number of methoxy groups -OCH3 is 1. The molecule has 1 N–H and O–H groups in total. The van der Waals surface area contributed by atoms with Crippen molar-refractivity contribution in [3.63, 3.8) is 0 Å². The zero-order valence-corrected chi connectivity index (χ0v) is 19.9. The normalized spacial score (nSPS) is 13.5. The van der Waals surface area contributed by atoms with Crippen LogP contribution < -0.4 is 5.32 Å². The average molecular weight is 489 g/mol. The number of rotatable bonds is 9. The van der Waals surface area contributed by atoms with E-state index in [4.69, 9.17) is 14.2 Å². The largest absolute Gasteiger partial charge is 0.462 e. The van der Waals surface area contributed by atoms with Crippen LogP contribution >= 0.6 is 11.3 Å². The Hall–Kier alpha value is -3.57. The number of thiophene rings is 1. The lowest BCUT2D eigenvalue weighted by atomic mass is 10.1. The molecule has 1 aliphatic rings. The van der Waals surface area contributed by atoms with Gasteiger partial charge in [-0.25, -0.2) is 9.59 Å². The van der Waals surface area contributed by atoms with E-state index in [2.05, 4.69) is 5.32 Å². The third-order valence-electron chi connectivity index (χ3n) is 5.16. The van der Waals surface area contributed by atoms with Crippen molar-refractivity contribution in [2.24, 2.45) is 0 Å². The van der Waals surface area contributed by atoms with Crippen LogP contribution in [0.5, 0.6) is 0 Å². The number of nitrogens with zero attached hydrogens (tertiary/aromatic N) is 1. The molecule has 1 atom stereocenters. The quantitative estimate of drug-likeness (QED) is 0.324. The molecule has 34 heavy (non-hydrogen) atoms. The predicted octanol–water partition coefficient (Wildman–Crippen LogP) is 2.66. The Morgan fingerprint density at radius 2 is 1.65 bits per heavy atom. The molecule has 2 heterocycles. The Morgan fingerprint density at radius 3 is 2.21 bits per heavy atom. The molecule has 11 heteroatoms. The summed E-state index contributed by atoms with van der Waals surface area (Å²) in [6, 6.07) is 5.12. The van der Waals surface area contributed by atoms with Gasteiger partial charge in [0.15, 0.2) is 0 Å². The molecule has 2 aromatic rings. The minimum absolute atomic E-state index is 0.00783. The summed E-state index contributed by atoms with van der Waals surface area (Å²) in [6.45, 7) is 4.87. The van der Waals surface area contributed by atoms with E-state index in [9.17, 15) is 24.0 Å². The van der Waals surface area contributed by atoms with Gasteiger partial charge in [0.1, 0.15) is 22.5 Å². The average Bonchev–Trinajstić information content (AvgIpc) is 3.27. The molecule has 10 nitrogen and oxygen atoms in total. The minimum Gasteiger partial charge on any atom is -0.462 e. The van der Waals surface area contributed by atoms with Gasteiger partial charge < -0.3 is 19.5 Å². The van der Waals surface area contributed by atoms with Gasteiger partial charge in [0.2, 0.25) is 5.91 Å². The van der Waals surface area contributed by atoms with Crippen LogP contribution in [0.2, 0.25) is 0 Å². The van der Waals surface area contributed by atoms with E-state index in [1.54, 1.807) is 26.0 Å². The minimum atomic E-state index is -1.18. The zero-order valence-electron chi connectivity index (χ0n) is 19.1. The van der Waals surface area contributed by atoms with Crippen molar-refractivity contribution in [2.75, 3.05) is 32.2 Å². The molecule has 1 aromatic heterocycles. The maximum atomic E-state index is 13.0. The Morgan fingerprint density at radius 1 is 1.03 bits per heavy atom. The van der Waals surface area contributed by atoms with Gasteiger partial charge in [-0.3, -0.25) is 19.3 Å². The van der Waals surface area contributed by atoms with Crippen molar-refractivity contribution in [3.8, 4) is 0 Å². The van der Waals surface area contributed by atoms with Crippen LogP contribution in [-0.4, -0.2) is 67.5 Å². The van der Waals surface area contributed by atoms with Gasteiger partial charge in [-0.1, -0.05) is 12.1 Å². The first-order chi connectivity index (χ1) is 16.2. The van der Waals surface area contributed by atoms with Crippen LogP contribution in [0.25, 0.3) is 0 Å². The first-order valence-electron chi connectivity index (χ1n) is 10.5. The molecule has 0 aliphatic carbocycles. The molecule has 1 aromatic carbocycles. The Balaban J connectivity index is 1.87. The van der Waals surface area contributed by atoms with Crippen LogP contribution in [0.3, 0.4) is 0 Å². The van der Waals surface area contributed by atoms with Crippen LogP contribution in [0.4, 0.5) is 5.00 Å². The SMILES string of the molecule is CCOC(=O)c1c(NC(=O)C(C)N2C(=O)c3ccccc3C2=O)sc(C(=O)OCCOC)c1C. The van der Waals surface area contributed by atoms with Gasteiger partial charge in [-0.05, 0) is 38.5 Å². The summed E-state index contributed by atoms with van der Waals surface area (Å²) in [5, 5.41) is 2.64. The summed E-state index contributed by atoms with van der Waals surface area (Å²) in [5.41, 5.74) is 0.725. The lowest BCUT2D eigenvalue weighted by molar-refractivity contribution is -0.119. The fourth-order valence-corrected chi connectivity index (χ4v) is 4.51. The maximum Gasteiger partial charge on any atom is 0.348 e. The molecule has 3 amide bonds. The van der Waals surface area contributed by atoms with Crippen LogP contribution in [0.1, 0.15) is 60.2 Å². The standard InChI is InChI=1S/C23H24N2O8S/c1-5-32-22(29)16-12(2)17(23(30)33-11-10-31-4)34-19(16)24-18(26)13(3)25-20(27)14-8-6-7-9-15(14)21(25)28/h6-9,13H,5,10-11H2,1-4H3,(H,24,26). The van der Waals surface area contributed by atoms with E-state index < -0.39 is 35.7 Å².